The van der Waals surface area contributed by atoms with Crippen LogP contribution < -0.4 is 20.3 Å². The molecule has 2 aromatic carbocycles. The number of hydrogen-bond donors (Lipinski definition) is 2. The van der Waals surface area contributed by atoms with Gasteiger partial charge in [0.15, 0.2) is 5.11 Å². The lowest BCUT2D eigenvalue weighted by molar-refractivity contribution is -0.119. The molecule has 4 aromatic rings. The topological polar surface area (TPSA) is 80.7 Å². The van der Waals surface area contributed by atoms with Gasteiger partial charge in [-0.2, -0.15) is 0 Å². The van der Waals surface area contributed by atoms with E-state index in [1.807, 2.05) is 36.4 Å². The molecule has 9 heteroatoms. The first kappa shape index (κ1) is 28.3. The Balaban J connectivity index is 1.67. The number of carbonyl (C=O) groups excluding carboxylic acids is 1. The van der Waals surface area contributed by atoms with Crippen LogP contribution in [0.2, 0.25) is 0 Å². The van der Waals surface area contributed by atoms with Crippen LogP contribution in [-0.4, -0.2) is 41.4 Å². The van der Waals surface area contributed by atoms with Gasteiger partial charge < -0.3 is 29.6 Å². The molecule has 0 saturated carbocycles. The molecule has 2 N–H and O–H groups in total. The smallest absolute Gasteiger partial charge is 0.250 e. The van der Waals surface area contributed by atoms with Crippen molar-refractivity contribution in [3.63, 3.8) is 0 Å². The number of methoxy groups -OCH3 is 2. The number of carbonyl (C=O) groups is 1. The number of hydrogen-bond acceptors (Lipinski definition) is 5. The Hall–Kier alpha value is -4.21. The highest BCUT2D eigenvalue weighted by Crippen LogP contribution is 2.45. The van der Waals surface area contributed by atoms with Gasteiger partial charge in [-0.3, -0.25) is 9.78 Å². The molecule has 1 aliphatic heterocycles. The average Bonchev–Trinajstić information content (AvgIpc) is 3.44. The minimum atomic E-state index is -0.273. The van der Waals surface area contributed by atoms with Crippen LogP contribution in [0.25, 0.3) is 5.69 Å². The van der Waals surface area contributed by atoms with E-state index in [2.05, 4.69) is 72.1 Å². The van der Waals surface area contributed by atoms with Crippen molar-refractivity contribution in [2.45, 2.75) is 39.8 Å². The van der Waals surface area contributed by atoms with Gasteiger partial charge in [-0.25, -0.2) is 0 Å². The lowest BCUT2D eigenvalue weighted by atomic mass is 9.96. The quantitative estimate of drug-likeness (QED) is 0.257. The van der Waals surface area contributed by atoms with E-state index in [9.17, 15) is 4.79 Å². The van der Waals surface area contributed by atoms with Crippen molar-refractivity contribution in [2.75, 3.05) is 31.0 Å². The molecule has 0 spiro atoms. The summed E-state index contributed by atoms with van der Waals surface area (Å²) in [5.74, 6) is 0.271. The molecule has 2 aromatic heterocycles. The summed E-state index contributed by atoms with van der Waals surface area (Å²) < 4.78 is 12.9. The highest BCUT2D eigenvalue weighted by molar-refractivity contribution is 7.80. The van der Waals surface area contributed by atoms with Crippen molar-refractivity contribution in [3.05, 3.63) is 101 Å². The molecule has 212 valence electrons. The Morgan fingerprint density at radius 2 is 1.78 bits per heavy atom. The van der Waals surface area contributed by atoms with Gasteiger partial charge in [0.2, 0.25) is 5.91 Å². The second kappa shape index (κ2) is 11.7. The molecule has 0 aliphatic carbocycles. The third kappa shape index (κ3) is 5.30. The van der Waals surface area contributed by atoms with Crippen LogP contribution in [0.15, 0.2) is 66.9 Å². The van der Waals surface area contributed by atoms with Gasteiger partial charge >= 0.3 is 0 Å². The van der Waals surface area contributed by atoms with Gasteiger partial charge in [0.25, 0.3) is 0 Å². The largest absolute Gasteiger partial charge is 0.495 e. The van der Waals surface area contributed by atoms with Crippen LogP contribution >= 0.6 is 12.2 Å². The summed E-state index contributed by atoms with van der Waals surface area (Å²) in [5.41, 5.74) is 9.25. The Labute approximate surface area is 246 Å². The van der Waals surface area contributed by atoms with Crippen molar-refractivity contribution >= 4 is 34.6 Å². The fraction of sp³-hybridized carbons (Fsp3) is 0.281. The standard InChI is InChI=1S/C32H35N5O3S/c1-19-10-9-11-20(2)30(19)36-21(3)16-24(22(36)4)31-29(25-12-7-8-15-33-25)35-32(41)37(31)23-13-14-27(40-6)26(17-23)34-28(38)18-39-5/h7-17,29,31H,18H2,1-6H3,(H,34,38)(H,35,41). The summed E-state index contributed by atoms with van der Waals surface area (Å²) in [7, 11) is 3.06. The molecular formula is C32H35N5O3S. The summed E-state index contributed by atoms with van der Waals surface area (Å²) in [4.78, 5) is 19.2. The highest BCUT2D eigenvalue weighted by atomic mass is 32.1. The molecule has 41 heavy (non-hydrogen) atoms. The molecule has 0 radical (unpaired) electrons. The van der Waals surface area contributed by atoms with E-state index < -0.39 is 0 Å². The maximum Gasteiger partial charge on any atom is 0.250 e. The number of anilines is 2. The van der Waals surface area contributed by atoms with E-state index in [-0.39, 0.29) is 24.6 Å². The van der Waals surface area contributed by atoms with Crippen molar-refractivity contribution in [2.24, 2.45) is 0 Å². The number of thiocarbonyl (C=S) groups is 1. The number of rotatable bonds is 8. The average molecular weight is 570 g/mol. The first-order valence-corrected chi connectivity index (χ1v) is 13.9. The molecule has 5 rings (SSSR count). The monoisotopic (exact) mass is 569 g/mol. The summed E-state index contributed by atoms with van der Waals surface area (Å²) in [6, 6.07) is 19.8. The molecule has 0 bridgehead atoms. The number of nitrogens with zero attached hydrogens (tertiary/aromatic N) is 3. The highest BCUT2D eigenvalue weighted by Gasteiger charge is 2.42. The Kier molecular flexibility index (Phi) is 8.10. The first-order valence-electron chi connectivity index (χ1n) is 13.5. The van der Waals surface area contributed by atoms with Crippen molar-refractivity contribution in [1.29, 1.82) is 0 Å². The number of para-hydroxylation sites is 1. The Bertz CT molecular complexity index is 1580. The number of benzene rings is 2. The van der Waals surface area contributed by atoms with Crippen molar-refractivity contribution < 1.29 is 14.3 Å². The second-order valence-corrected chi connectivity index (χ2v) is 10.7. The minimum absolute atomic E-state index is 0.0637. The molecule has 1 saturated heterocycles. The SMILES string of the molecule is COCC(=O)Nc1cc(N2C(=S)NC(c3ccccn3)C2c2cc(C)n(-c3c(C)cccc3C)c2C)ccc1OC. The Morgan fingerprint density at radius 1 is 1.02 bits per heavy atom. The van der Waals surface area contributed by atoms with E-state index in [0.717, 1.165) is 28.3 Å². The molecule has 8 nitrogen and oxygen atoms in total. The van der Waals surface area contributed by atoms with Gasteiger partial charge in [0.1, 0.15) is 12.4 Å². The van der Waals surface area contributed by atoms with E-state index in [1.54, 1.807) is 13.3 Å². The summed E-state index contributed by atoms with van der Waals surface area (Å²) >= 11 is 5.97. The predicted molar refractivity (Wildman–Crippen MR) is 166 cm³/mol. The summed E-state index contributed by atoms with van der Waals surface area (Å²) in [6.45, 7) is 8.53. The zero-order valence-electron chi connectivity index (χ0n) is 24.2. The molecular weight excluding hydrogens is 534 g/mol. The fourth-order valence-electron chi connectivity index (χ4n) is 5.80. The maximum atomic E-state index is 12.4. The van der Waals surface area contributed by atoms with E-state index in [0.29, 0.717) is 16.5 Å². The molecule has 1 aliphatic rings. The van der Waals surface area contributed by atoms with Crippen LogP contribution in [-0.2, 0) is 9.53 Å². The van der Waals surface area contributed by atoms with Gasteiger partial charge in [0, 0.05) is 30.4 Å². The normalized spacial score (nSPS) is 16.5. The third-order valence-corrected chi connectivity index (χ3v) is 7.88. The third-order valence-electron chi connectivity index (χ3n) is 7.56. The predicted octanol–water partition coefficient (Wildman–Crippen LogP) is 5.88. The van der Waals surface area contributed by atoms with Crippen LogP contribution in [0.5, 0.6) is 5.75 Å². The number of pyridine rings is 1. The number of ether oxygens (including phenoxy) is 2. The van der Waals surface area contributed by atoms with Crippen LogP contribution in [0, 0.1) is 27.7 Å². The molecule has 2 atom stereocenters. The molecule has 2 unspecified atom stereocenters. The second-order valence-electron chi connectivity index (χ2n) is 10.3. The van der Waals surface area contributed by atoms with Crippen LogP contribution in [0.4, 0.5) is 11.4 Å². The van der Waals surface area contributed by atoms with Crippen LogP contribution in [0.1, 0.15) is 45.9 Å². The van der Waals surface area contributed by atoms with E-state index in [4.69, 9.17) is 26.7 Å². The van der Waals surface area contributed by atoms with Gasteiger partial charge in [-0.05, 0) is 93.0 Å². The number of nitrogens with one attached hydrogen (secondary N) is 2. The summed E-state index contributed by atoms with van der Waals surface area (Å²) in [6.07, 6.45) is 1.80. The van der Waals surface area contributed by atoms with Crippen LogP contribution in [0.3, 0.4) is 0 Å². The fourth-order valence-corrected chi connectivity index (χ4v) is 6.15. The lowest BCUT2D eigenvalue weighted by Crippen LogP contribution is -2.29. The zero-order chi connectivity index (χ0) is 29.3. The Morgan fingerprint density at radius 3 is 2.44 bits per heavy atom. The number of aromatic nitrogens is 2. The molecule has 1 fully saturated rings. The number of aryl methyl sites for hydroxylation is 3. The number of amides is 1. The molecule has 1 amide bonds. The zero-order valence-corrected chi connectivity index (χ0v) is 25.0. The lowest BCUT2D eigenvalue weighted by Gasteiger charge is -2.29. The van der Waals surface area contributed by atoms with Crippen molar-refractivity contribution in [3.8, 4) is 11.4 Å². The molecule has 3 heterocycles. The van der Waals surface area contributed by atoms with E-state index in [1.165, 1.54) is 23.9 Å². The summed E-state index contributed by atoms with van der Waals surface area (Å²) in [5, 5.41) is 7.01. The van der Waals surface area contributed by atoms with Gasteiger partial charge in [-0.1, -0.05) is 24.3 Å². The van der Waals surface area contributed by atoms with Gasteiger partial charge in [-0.15, -0.1) is 0 Å². The van der Waals surface area contributed by atoms with Crippen molar-refractivity contribution in [1.82, 2.24) is 14.9 Å². The van der Waals surface area contributed by atoms with E-state index >= 15 is 0 Å². The van der Waals surface area contributed by atoms with Gasteiger partial charge in [0.05, 0.1) is 36.3 Å². The maximum absolute atomic E-state index is 12.4. The first-order chi connectivity index (χ1) is 19.7. The minimum Gasteiger partial charge on any atom is -0.495 e.